The number of methoxy groups -OCH3 is 1. The number of nitrogens with one attached hydrogen (secondary N) is 1. The molecule has 0 saturated carbocycles. The van der Waals surface area contributed by atoms with Crippen LogP contribution < -0.4 is 15.8 Å². The maximum absolute atomic E-state index is 11.8. The minimum Gasteiger partial charge on any atom is -0.496 e. The number of nitrogen functional groups attached to an aromatic ring is 1. The Kier molecular flexibility index (Phi) is 4.22. The maximum atomic E-state index is 11.8. The fourth-order valence-corrected chi connectivity index (χ4v) is 1.30. The number of terminal acetylenes is 1. The van der Waals surface area contributed by atoms with E-state index in [2.05, 4.69) is 11.2 Å². The second kappa shape index (κ2) is 5.66. The molecule has 0 radical (unpaired) electrons. The van der Waals surface area contributed by atoms with Crippen LogP contribution in [0.15, 0.2) is 18.2 Å². The molecule has 4 heteroatoms. The van der Waals surface area contributed by atoms with Gasteiger partial charge in [-0.25, -0.2) is 0 Å². The van der Waals surface area contributed by atoms with E-state index >= 15 is 0 Å². The summed E-state index contributed by atoms with van der Waals surface area (Å²) < 4.78 is 5.07. The van der Waals surface area contributed by atoms with Crippen molar-refractivity contribution in [1.82, 2.24) is 5.32 Å². The second-order valence-electron chi connectivity index (χ2n) is 3.13. The van der Waals surface area contributed by atoms with Crippen LogP contribution in [0, 0.1) is 12.3 Å². The number of anilines is 1. The number of benzene rings is 1. The lowest BCUT2D eigenvalue weighted by molar-refractivity contribution is 0.0952. The van der Waals surface area contributed by atoms with E-state index in [-0.39, 0.29) is 5.91 Å². The van der Waals surface area contributed by atoms with Gasteiger partial charge in [0.05, 0.1) is 7.11 Å². The van der Waals surface area contributed by atoms with E-state index in [1.54, 1.807) is 18.2 Å². The predicted octanol–water partition coefficient (Wildman–Crippen LogP) is 1.03. The third-order valence-corrected chi connectivity index (χ3v) is 2.06. The zero-order chi connectivity index (χ0) is 12.0. The Morgan fingerprint density at radius 3 is 3.00 bits per heavy atom. The highest BCUT2D eigenvalue weighted by Crippen LogP contribution is 2.23. The molecule has 0 aliphatic rings. The summed E-state index contributed by atoms with van der Waals surface area (Å²) in [6.45, 7) is 0.423. The number of carbonyl (C=O) groups excluding carboxylic acids is 1. The molecule has 0 bridgehead atoms. The average molecular weight is 218 g/mol. The highest BCUT2D eigenvalue weighted by Gasteiger charge is 2.14. The fourth-order valence-electron chi connectivity index (χ4n) is 1.30. The van der Waals surface area contributed by atoms with Crippen LogP contribution in [-0.2, 0) is 0 Å². The van der Waals surface area contributed by atoms with Crippen LogP contribution in [-0.4, -0.2) is 19.6 Å². The lowest BCUT2D eigenvalue weighted by atomic mass is 10.1. The van der Waals surface area contributed by atoms with Crippen LogP contribution in [0.5, 0.6) is 5.75 Å². The van der Waals surface area contributed by atoms with Crippen LogP contribution in [0.4, 0.5) is 5.69 Å². The minimum absolute atomic E-state index is 0.273. The Hall–Kier alpha value is -2.15. The summed E-state index contributed by atoms with van der Waals surface area (Å²) in [6, 6.07) is 5.07. The molecule has 0 heterocycles. The fraction of sp³-hybridized carbons (Fsp3) is 0.250. The molecule has 1 amide bonds. The molecule has 84 valence electrons. The first-order valence-corrected chi connectivity index (χ1v) is 4.84. The Balaban J connectivity index is 2.86. The zero-order valence-electron chi connectivity index (χ0n) is 9.12. The van der Waals surface area contributed by atoms with Gasteiger partial charge in [0, 0.05) is 18.7 Å². The van der Waals surface area contributed by atoms with Crippen molar-refractivity contribution >= 4 is 11.6 Å². The summed E-state index contributed by atoms with van der Waals surface area (Å²) in [5.74, 6) is 2.62. The summed E-state index contributed by atoms with van der Waals surface area (Å²) >= 11 is 0. The second-order valence-corrected chi connectivity index (χ2v) is 3.13. The van der Waals surface area contributed by atoms with Gasteiger partial charge in [0.25, 0.3) is 5.91 Å². The van der Waals surface area contributed by atoms with Crippen LogP contribution in [0.25, 0.3) is 0 Å². The van der Waals surface area contributed by atoms with Crippen molar-refractivity contribution in [1.29, 1.82) is 0 Å². The smallest absolute Gasteiger partial charge is 0.257 e. The van der Waals surface area contributed by atoms with Crippen LogP contribution in [0.1, 0.15) is 16.8 Å². The predicted molar refractivity (Wildman–Crippen MR) is 63.2 cm³/mol. The quantitative estimate of drug-likeness (QED) is 0.450. The third-order valence-electron chi connectivity index (χ3n) is 2.06. The van der Waals surface area contributed by atoms with Crippen molar-refractivity contribution in [2.75, 3.05) is 19.4 Å². The Bertz CT molecular complexity index is 422. The first-order chi connectivity index (χ1) is 7.70. The molecule has 0 aliphatic heterocycles. The molecule has 4 nitrogen and oxygen atoms in total. The molecular weight excluding hydrogens is 204 g/mol. The Morgan fingerprint density at radius 1 is 1.62 bits per heavy atom. The maximum Gasteiger partial charge on any atom is 0.257 e. The summed E-state index contributed by atoms with van der Waals surface area (Å²) in [7, 11) is 1.49. The molecule has 0 atom stereocenters. The number of hydrogen-bond donors (Lipinski definition) is 2. The minimum atomic E-state index is -0.273. The summed E-state index contributed by atoms with van der Waals surface area (Å²) in [5.41, 5.74) is 6.46. The molecule has 0 saturated heterocycles. The van der Waals surface area contributed by atoms with Crippen LogP contribution >= 0.6 is 0 Å². The average Bonchev–Trinajstić information content (AvgIpc) is 2.28. The third kappa shape index (κ3) is 2.67. The Labute approximate surface area is 94.8 Å². The van der Waals surface area contributed by atoms with E-state index in [1.165, 1.54) is 7.11 Å². The molecule has 1 aromatic rings. The number of rotatable bonds is 4. The molecule has 16 heavy (non-hydrogen) atoms. The summed E-state index contributed by atoms with van der Waals surface area (Å²) in [4.78, 5) is 11.8. The molecule has 0 unspecified atom stereocenters. The molecule has 0 aliphatic carbocycles. The van der Waals surface area contributed by atoms with E-state index in [0.29, 0.717) is 30.0 Å². The van der Waals surface area contributed by atoms with Gasteiger partial charge >= 0.3 is 0 Å². The number of hydrogen-bond acceptors (Lipinski definition) is 3. The summed E-state index contributed by atoms with van der Waals surface area (Å²) in [5, 5.41) is 2.67. The van der Waals surface area contributed by atoms with Gasteiger partial charge in [-0.05, 0) is 12.1 Å². The van der Waals surface area contributed by atoms with E-state index in [1.807, 2.05) is 0 Å². The van der Waals surface area contributed by atoms with Crippen molar-refractivity contribution in [2.45, 2.75) is 6.42 Å². The lowest BCUT2D eigenvalue weighted by Crippen LogP contribution is -2.25. The molecule has 0 fully saturated rings. The topological polar surface area (TPSA) is 64.4 Å². The number of nitrogens with two attached hydrogens (primary N) is 1. The number of carbonyl (C=O) groups is 1. The van der Waals surface area contributed by atoms with Gasteiger partial charge in [-0.2, -0.15) is 0 Å². The molecule has 0 spiro atoms. The van der Waals surface area contributed by atoms with Gasteiger partial charge in [-0.1, -0.05) is 6.07 Å². The van der Waals surface area contributed by atoms with E-state index in [9.17, 15) is 4.79 Å². The molecule has 1 aromatic carbocycles. The molecular formula is C12H14N2O2. The zero-order valence-corrected chi connectivity index (χ0v) is 9.12. The van der Waals surface area contributed by atoms with E-state index in [0.717, 1.165) is 0 Å². The molecule has 3 N–H and O–H groups in total. The van der Waals surface area contributed by atoms with Crippen molar-refractivity contribution < 1.29 is 9.53 Å². The highest BCUT2D eigenvalue weighted by molar-refractivity contribution is 6.01. The van der Waals surface area contributed by atoms with Crippen LogP contribution in [0.3, 0.4) is 0 Å². The molecule has 0 aromatic heterocycles. The molecule has 1 rings (SSSR count). The number of ether oxygens (including phenoxy) is 1. The van der Waals surface area contributed by atoms with E-state index in [4.69, 9.17) is 16.9 Å². The van der Waals surface area contributed by atoms with Gasteiger partial charge in [-0.3, -0.25) is 4.79 Å². The van der Waals surface area contributed by atoms with Gasteiger partial charge < -0.3 is 15.8 Å². The van der Waals surface area contributed by atoms with Crippen molar-refractivity contribution in [3.63, 3.8) is 0 Å². The van der Waals surface area contributed by atoms with Crippen molar-refractivity contribution in [3.8, 4) is 18.1 Å². The normalized spacial score (nSPS) is 9.25. The van der Waals surface area contributed by atoms with Crippen molar-refractivity contribution in [2.24, 2.45) is 0 Å². The van der Waals surface area contributed by atoms with Crippen molar-refractivity contribution in [3.05, 3.63) is 23.8 Å². The monoisotopic (exact) mass is 218 g/mol. The Morgan fingerprint density at radius 2 is 2.38 bits per heavy atom. The number of amides is 1. The standard InChI is InChI=1S/C12H14N2O2/c1-3-4-8-14-12(15)11-9(13)6-5-7-10(11)16-2/h1,5-7H,4,8,13H2,2H3,(H,14,15). The SMILES string of the molecule is C#CCCNC(=O)c1c(N)cccc1OC. The highest BCUT2D eigenvalue weighted by atomic mass is 16.5. The lowest BCUT2D eigenvalue weighted by Gasteiger charge is -2.10. The first kappa shape index (κ1) is 11.9. The van der Waals surface area contributed by atoms with Gasteiger partial charge in [0.1, 0.15) is 11.3 Å². The largest absolute Gasteiger partial charge is 0.496 e. The van der Waals surface area contributed by atoms with Gasteiger partial charge in [0.2, 0.25) is 0 Å². The van der Waals surface area contributed by atoms with Gasteiger partial charge in [-0.15, -0.1) is 12.3 Å². The first-order valence-electron chi connectivity index (χ1n) is 4.84. The van der Waals surface area contributed by atoms with Gasteiger partial charge in [0.15, 0.2) is 0 Å². The van der Waals surface area contributed by atoms with E-state index < -0.39 is 0 Å². The van der Waals surface area contributed by atoms with Crippen LogP contribution in [0.2, 0.25) is 0 Å². The summed E-state index contributed by atoms with van der Waals surface area (Å²) in [6.07, 6.45) is 5.58.